The summed E-state index contributed by atoms with van der Waals surface area (Å²) in [5, 5.41) is 6.93. The van der Waals surface area contributed by atoms with Gasteiger partial charge < -0.3 is 14.8 Å². The molecule has 0 aliphatic rings. The number of benzene rings is 2. The fourth-order valence-electron chi connectivity index (χ4n) is 2.68. The lowest BCUT2D eigenvalue weighted by atomic mass is 10.1. The predicted molar refractivity (Wildman–Crippen MR) is 105 cm³/mol. The highest BCUT2D eigenvalue weighted by molar-refractivity contribution is 6.08. The van der Waals surface area contributed by atoms with Crippen molar-refractivity contribution in [3.63, 3.8) is 0 Å². The van der Waals surface area contributed by atoms with Crippen LogP contribution in [0.2, 0.25) is 0 Å². The zero-order valence-electron chi connectivity index (χ0n) is 15.9. The molecular formula is C21H19N3O5. The van der Waals surface area contributed by atoms with Crippen LogP contribution in [0.4, 0.5) is 5.82 Å². The second kappa shape index (κ2) is 8.83. The molecule has 3 rings (SSSR count). The first-order valence-corrected chi connectivity index (χ1v) is 8.85. The maximum atomic E-state index is 12.8. The number of nitrogens with zero attached hydrogens (tertiary/aromatic N) is 2. The number of hydrogen-bond donors (Lipinski definition) is 1. The van der Waals surface area contributed by atoms with E-state index in [1.54, 1.807) is 37.3 Å². The van der Waals surface area contributed by atoms with Gasteiger partial charge in [0.1, 0.15) is 5.56 Å². The van der Waals surface area contributed by atoms with Crippen LogP contribution in [-0.4, -0.2) is 41.3 Å². The normalized spacial score (nSPS) is 10.3. The molecule has 1 heterocycles. The SMILES string of the molecule is CCOC(=O)c1cnn(-c2ccccc2)c1NC(=O)c1cccc(C(=O)OC)c1. The minimum Gasteiger partial charge on any atom is -0.465 e. The zero-order valence-corrected chi connectivity index (χ0v) is 15.9. The van der Waals surface area contributed by atoms with E-state index in [1.807, 2.05) is 18.2 Å². The Morgan fingerprint density at radius 3 is 2.41 bits per heavy atom. The number of carbonyl (C=O) groups excluding carboxylic acids is 3. The van der Waals surface area contributed by atoms with Crippen LogP contribution in [0.3, 0.4) is 0 Å². The molecule has 0 saturated carbocycles. The highest BCUT2D eigenvalue weighted by Gasteiger charge is 2.22. The van der Waals surface area contributed by atoms with Gasteiger partial charge >= 0.3 is 11.9 Å². The minimum atomic E-state index is -0.603. The molecule has 8 heteroatoms. The van der Waals surface area contributed by atoms with Gasteiger partial charge in [0.25, 0.3) is 5.91 Å². The molecule has 0 radical (unpaired) electrons. The number of para-hydroxylation sites is 1. The third kappa shape index (κ3) is 4.32. The van der Waals surface area contributed by atoms with E-state index < -0.39 is 17.8 Å². The maximum Gasteiger partial charge on any atom is 0.343 e. The van der Waals surface area contributed by atoms with E-state index in [2.05, 4.69) is 15.2 Å². The molecule has 0 fully saturated rings. The van der Waals surface area contributed by atoms with Gasteiger partial charge in [0.05, 0.1) is 31.2 Å². The molecule has 0 atom stereocenters. The van der Waals surface area contributed by atoms with E-state index in [0.29, 0.717) is 5.69 Å². The molecule has 2 aromatic carbocycles. The van der Waals surface area contributed by atoms with Crippen molar-refractivity contribution >= 4 is 23.7 Å². The first kappa shape index (κ1) is 19.8. The molecule has 1 N–H and O–H groups in total. The van der Waals surface area contributed by atoms with E-state index in [-0.39, 0.29) is 29.1 Å². The summed E-state index contributed by atoms with van der Waals surface area (Å²) in [5.41, 5.74) is 1.24. The average molecular weight is 393 g/mol. The number of carbonyl (C=O) groups is 3. The molecule has 0 aliphatic heterocycles. The Bertz CT molecular complexity index is 1040. The van der Waals surface area contributed by atoms with E-state index in [9.17, 15) is 14.4 Å². The van der Waals surface area contributed by atoms with Crippen LogP contribution >= 0.6 is 0 Å². The fourth-order valence-corrected chi connectivity index (χ4v) is 2.68. The van der Waals surface area contributed by atoms with E-state index in [1.165, 1.54) is 24.1 Å². The van der Waals surface area contributed by atoms with Crippen LogP contribution in [0.1, 0.15) is 38.0 Å². The van der Waals surface area contributed by atoms with Crippen LogP contribution in [0.15, 0.2) is 60.8 Å². The van der Waals surface area contributed by atoms with Crippen molar-refractivity contribution < 1.29 is 23.9 Å². The van der Waals surface area contributed by atoms with Crippen LogP contribution in [-0.2, 0) is 9.47 Å². The van der Waals surface area contributed by atoms with Crippen molar-refractivity contribution in [1.82, 2.24) is 9.78 Å². The number of ether oxygens (including phenoxy) is 2. The van der Waals surface area contributed by atoms with Crippen LogP contribution in [0.25, 0.3) is 5.69 Å². The molecule has 0 spiro atoms. The van der Waals surface area contributed by atoms with Gasteiger partial charge in [0, 0.05) is 5.56 Å². The highest BCUT2D eigenvalue weighted by Crippen LogP contribution is 2.22. The predicted octanol–water partition coefficient (Wildman–Crippen LogP) is 3.09. The Morgan fingerprint density at radius 2 is 1.72 bits per heavy atom. The minimum absolute atomic E-state index is 0.119. The number of amides is 1. The van der Waals surface area contributed by atoms with Gasteiger partial charge in [-0.15, -0.1) is 0 Å². The van der Waals surface area contributed by atoms with Crippen molar-refractivity contribution in [3.05, 3.63) is 77.5 Å². The molecular weight excluding hydrogens is 374 g/mol. The van der Waals surface area contributed by atoms with Crippen molar-refractivity contribution in [2.45, 2.75) is 6.92 Å². The van der Waals surface area contributed by atoms with Crippen molar-refractivity contribution in [2.75, 3.05) is 19.0 Å². The van der Waals surface area contributed by atoms with Crippen LogP contribution in [0, 0.1) is 0 Å². The molecule has 3 aromatic rings. The van der Waals surface area contributed by atoms with E-state index in [4.69, 9.17) is 4.74 Å². The lowest BCUT2D eigenvalue weighted by molar-refractivity contribution is 0.0526. The quantitative estimate of drug-likeness (QED) is 0.646. The summed E-state index contributed by atoms with van der Waals surface area (Å²) in [6.45, 7) is 1.87. The van der Waals surface area contributed by atoms with Crippen molar-refractivity contribution in [2.24, 2.45) is 0 Å². The van der Waals surface area contributed by atoms with Gasteiger partial charge in [0.2, 0.25) is 0 Å². The molecule has 1 amide bonds. The van der Waals surface area contributed by atoms with Gasteiger partial charge in [-0.25, -0.2) is 14.3 Å². The number of aromatic nitrogens is 2. The number of hydrogen-bond acceptors (Lipinski definition) is 6. The maximum absolute atomic E-state index is 12.8. The fraction of sp³-hybridized carbons (Fsp3) is 0.143. The third-order valence-corrected chi connectivity index (χ3v) is 4.04. The number of rotatable bonds is 6. The summed E-state index contributed by atoms with van der Waals surface area (Å²) in [4.78, 5) is 36.9. The average Bonchev–Trinajstić information content (AvgIpc) is 3.17. The number of esters is 2. The van der Waals surface area contributed by atoms with Gasteiger partial charge in [-0.05, 0) is 37.3 Å². The standard InChI is InChI=1S/C21H19N3O5/c1-3-29-21(27)17-13-22-24(16-10-5-4-6-11-16)18(17)23-19(25)14-8-7-9-15(12-14)20(26)28-2/h4-13H,3H2,1-2H3,(H,23,25). The van der Waals surface area contributed by atoms with Gasteiger partial charge in [-0.1, -0.05) is 24.3 Å². The summed E-state index contributed by atoms with van der Waals surface area (Å²) in [6.07, 6.45) is 1.34. The highest BCUT2D eigenvalue weighted by atomic mass is 16.5. The summed E-state index contributed by atoms with van der Waals surface area (Å²) < 4.78 is 11.2. The van der Waals surface area contributed by atoms with Gasteiger partial charge in [0.15, 0.2) is 5.82 Å². The summed E-state index contributed by atoms with van der Waals surface area (Å²) in [5.74, 6) is -1.50. The second-order valence-corrected chi connectivity index (χ2v) is 5.90. The molecule has 1 aromatic heterocycles. The Hall–Kier alpha value is -3.94. The van der Waals surface area contributed by atoms with Gasteiger partial charge in [-0.2, -0.15) is 5.10 Å². The smallest absolute Gasteiger partial charge is 0.343 e. The van der Waals surface area contributed by atoms with E-state index in [0.717, 1.165) is 0 Å². The first-order chi connectivity index (χ1) is 14.0. The van der Waals surface area contributed by atoms with Gasteiger partial charge in [-0.3, -0.25) is 4.79 Å². The van der Waals surface area contributed by atoms with Crippen LogP contribution in [0.5, 0.6) is 0 Å². The summed E-state index contributed by atoms with van der Waals surface area (Å²) in [6, 6.07) is 15.1. The number of nitrogens with one attached hydrogen (secondary N) is 1. The molecule has 0 unspecified atom stereocenters. The Labute approximate surface area is 167 Å². The van der Waals surface area contributed by atoms with E-state index >= 15 is 0 Å². The number of methoxy groups -OCH3 is 1. The largest absolute Gasteiger partial charge is 0.465 e. The Kier molecular flexibility index (Phi) is 6.03. The third-order valence-electron chi connectivity index (χ3n) is 4.04. The second-order valence-electron chi connectivity index (χ2n) is 5.90. The molecule has 148 valence electrons. The molecule has 0 saturated heterocycles. The Balaban J connectivity index is 1.99. The van der Waals surface area contributed by atoms with Crippen LogP contribution < -0.4 is 5.32 Å². The topological polar surface area (TPSA) is 99.5 Å². The molecule has 0 bridgehead atoms. The van der Waals surface area contributed by atoms with Crippen molar-refractivity contribution in [1.29, 1.82) is 0 Å². The van der Waals surface area contributed by atoms with Crippen molar-refractivity contribution in [3.8, 4) is 5.69 Å². The lowest BCUT2D eigenvalue weighted by Gasteiger charge is -2.11. The first-order valence-electron chi connectivity index (χ1n) is 8.85. The molecule has 8 nitrogen and oxygen atoms in total. The molecule has 0 aliphatic carbocycles. The number of anilines is 1. The lowest BCUT2D eigenvalue weighted by Crippen LogP contribution is -2.18. The molecule has 29 heavy (non-hydrogen) atoms. The monoisotopic (exact) mass is 393 g/mol. The summed E-state index contributed by atoms with van der Waals surface area (Å²) in [7, 11) is 1.26. The summed E-state index contributed by atoms with van der Waals surface area (Å²) >= 11 is 0. The Morgan fingerprint density at radius 1 is 1.00 bits per heavy atom. The zero-order chi connectivity index (χ0) is 20.8.